The topological polar surface area (TPSA) is 61.7 Å². The van der Waals surface area contributed by atoms with E-state index in [9.17, 15) is 9.90 Å². The molecule has 2 N–H and O–H groups in total. The summed E-state index contributed by atoms with van der Waals surface area (Å²) >= 11 is 1.55. The fraction of sp³-hybridized carbons (Fsp3) is 0.400. The normalized spacial score (nSPS) is 12.6. The molecule has 1 aromatic carbocycles. The molecule has 4 nitrogen and oxygen atoms in total. The molecule has 0 unspecified atom stereocenters. The summed E-state index contributed by atoms with van der Waals surface area (Å²) in [5.74, 6) is -0.0255. The second kappa shape index (κ2) is 7.00. The zero-order valence-corrected chi connectivity index (χ0v) is 16.5. The summed E-state index contributed by atoms with van der Waals surface area (Å²) in [6, 6.07) is 7.36. The van der Waals surface area contributed by atoms with Gasteiger partial charge in [-0.1, -0.05) is 47.6 Å². The van der Waals surface area contributed by atoms with Crippen LogP contribution in [0, 0.1) is 0 Å². The second-order valence-electron chi connectivity index (χ2n) is 8.13. The fourth-order valence-electron chi connectivity index (χ4n) is 2.49. The minimum atomic E-state index is -0.288. The Kier molecular flexibility index (Phi) is 5.37. The number of carbonyl (C=O) groups excluding carboxylic acids is 1. The molecule has 0 radical (unpaired) electrons. The average Bonchev–Trinajstić information content (AvgIpc) is 2.98. The number of thiophene rings is 1. The number of hydrazone groups is 1. The maximum Gasteiger partial charge on any atom is 0.271 e. The van der Waals surface area contributed by atoms with Crippen LogP contribution in [0.3, 0.4) is 0 Å². The molecule has 0 saturated heterocycles. The lowest BCUT2D eigenvalue weighted by molar-refractivity contribution is 0.0955. The van der Waals surface area contributed by atoms with Crippen molar-refractivity contribution in [2.24, 2.45) is 5.10 Å². The third-order valence-corrected chi connectivity index (χ3v) is 4.70. The summed E-state index contributed by atoms with van der Waals surface area (Å²) < 4.78 is 0. The molecule has 5 heteroatoms. The van der Waals surface area contributed by atoms with Crippen molar-refractivity contribution in [1.82, 2.24) is 5.43 Å². The molecule has 2 rings (SSSR count). The van der Waals surface area contributed by atoms with E-state index in [0.29, 0.717) is 5.56 Å². The standard InChI is InChI=1S/C20H26N2O2S/c1-19(2,3)15-10-13(11-16(17(15)23)20(4,5)6)18(24)22-21-12-14-8-7-9-25-14/h7-12,23H,1-6H3,(H,22,24). The van der Waals surface area contributed by atoms with E-state index in [0.717, 1.165) is 16.0 Å². The molecule has 0 atom stereocenters. The van der Waals surface area contributed by atoms with E-state index in [1.54, 1.807) is 29.7 Å². The smallest absolute Gasteiger partial charge is 0.271 e. The first-order valence-corrected chi connectivity index (χ1v) is 9.13. The third kappa shape index (κ3) is 4.69. The van der Waals surface area contributed by atoms with E-state index in [2.05, 4.69) is 10.5 Å². The summed E-state index contributed by atoms with van der Waals surface area (Å²) in [7, 11) is 0. The summed E-state index contributed by atoms with van der Waals surface area (Å²) in [6.07, 6.45) is 1.62. The molecule has 0 aliphatic carbocycles. The van der Waals surface area contributed by atoms with Gasteiger partial charge in [-0.05, 0) is 34.4 Å². The van der Waals surface area contributed by atoms with Crippen LogP contribution >= 0.6 is 11.3 Å². The van der Waals surface area contributed by atoms with Crippen LogP contribution in [0.25, 0.3) is 0 Å². The minimum absolute atomic E-state index is 0.263. The Labute approximate surface area is 153 Å². The van der Waals surface area contributed by atoms with Crippen LogP contribution in [-0.2, 0) is 10.8 Å². The lowest BCUT2D eigenvalue weighted by atomic mass is 9.78. The number of hydrogen-bond donors (Lipinski definition) is 2. The predicted octanol–water partition coefficient (Wildman–Crippen LogP) is 4.81. The van der Waals surface area contributed by atoms with Crippen molar-refractivity contribution in [3.8, 4) is 5.75 Å². The molecule has 0 aliphatic heterocycles. The Morgan fingerprint density at radius 2 is 1.68 bits per heavy atom. The molecule has 0 aliphatic rings. The van der Waals surface area contributed by atoms with Crippen LogP contribution in [0.5, 0.6) is 5.75 Å². The zero-order valence-electron chi connectivity index (χ0n) is 15.7. The van der Waals surface area contributed by atoms with E-state index >= 15 is 0 Å². The summed E-state index contributed by atoms with van der Waals surface area (Å²) in [4.78, 5) is 13.5. The molecule has 0 fully saturated rings. The number of aromatic hydroxyl groups is 1. The third-order valence-electron chi connectivity index (χ3n) is 3.89. The molecule has 1 aromatic heterocycles. The Balaban J connectivity index is 2.38. The van der Waals surface area contributed by atoms with E-state index in [1.165, 1.54) is 0 Å². The van der Waals surface area contributed by atoms with E-state index in [-0.39, 0.29) is 22.5 Å². The van der Waals surface area contributed by atoms with Gasteiger partial charge in [0.15, 0.2) is 0 Å². The second-order valence-corrected chi connectivity index (χ2v) is 9.11. The van der Waals surface area contributed by atoms with Crippen molar-refractivity contribution in [3.63, 3.8) is 0 Å². The molecule has 25 heavy (non-hydrogen) atoms. The fourth-order valence-corrected chi connectivity index (χ4v) is 3.08. The van der Waals surface area contributed by atoms with Crippen molar-refractivity contribution < 1.29 is 9.90 Å². The van der Waals surface area contributed by atoms with Crippen LogP contribution in [0.15, 0.2) is 34.7 Å². The van der Waals surface area contributed by atoms with Crippen molar-refractivity contribution in [2.75, 3.05) is 0 Å². The quantitative estimate of drug-likeness (QED) is 0.611. The lowest BCUT2D eigenvalue weighted by Crippen LogP contribution is -2.22. The van der Waals surface area contributed by atoms with Gasteiger partial charge in [0, 0.05) is 21.6 Å². The van der Waals surface area contributed by atoms with E-state index in [1.807, 2.05) is 59.1 Å². The van der Waals surface area contributed by atoms with Crippen LogP contribution < -0.4 is 5.43 Å². The number of carbonyl (C=O) groups is 1. The van der Waals surface area contributed by atoms with Crippen molar-refractivity contribution in [2.45, 2.75) is 52.4 Å². The Morgan fingerprint density at radius 1 is 1.12 bits per heavy atom. The Bertz CT molecular complexity index is 744. The van der Waals surface area contributed by atoms with Crippen LogP contribution in [0.1, 0.15) is 67.9 Å². The van der Waals surface area contributed by atoms with Gasteiger partial charge in [-0.2, -0.15) is 5.10 Å². The monoisotopic (exact) mass is 358 g/mol. The maximum absolute atomic E-state index is 12.5. The highest BCUT2D eigenvalue weighted by Gasteiger charge is 2.27. The highest BCUT2D eigenvalue weighted by atomic mass is 32.1. The van der Waals surface area contributed by atoms with E-state index < -0.39 is 0 Å². The molecular formula is C20H26N2O2S. The molecule has 134 valence electrons. The maximum atomic E-state index is 12.5. The molecule has 0 saturated carbocycles. The van der Waals surface area contributed by atoms with Gasteiger partial charge in [-0.15, -0.1) is 11.3 Å². The van der Waals surface area contributed by atoms with Crippen LogP contribution in [0.2, 0.25) is 0 Å². The molecule has 2 aromatic rings. The molecule has 0 spiro atoms. The summed E-state index contributed by atoms with van der Waals surface area (Å²) in [5, 5.41) is 16.7. The SMILES string of the molecule is CC(C)(C)c1cc(C(=O)NN=Cc2cccs2)cc(C(C)(C)C)c1O. The lowest BCUT2D eigenvalue weighted by Gasteiger charge is -2.28. The van der Waals surface area contributed by atoms with Crippen LogP contribution in [0.4, 0.5) is 0 Å². The van der Waals surface area contributed by atoms with Crippen molar-refractivity contribution >= 4 is 23.5 Å². The highest BCUT2D eigenvalue weighted by molar-refractivity contribution is 7.11. The summed E-state index contributed by atoms with van der Waals surface area (Å²) in [5.41, 5.74) is 4.03. The van der Waals surface area contributed by atoms with Gasteiger partial charge in [0.05, 0.1) is 6.21 Å². The Morgan fingerprint density at radius 3 is 2.12 bits per heavy atom. The number of phenols is 1. The number of nitrogens with zero attached hydrogens (tertiary/aromatic N) is 1. The molecule has 1 heterocycles. The zero-order chi connectivity index (χ0) is 18.8. The number of rotatable bonds is 3. The molecule has 0 bridgehead atoms. The number of nitrogens with one attached hydrogen (secondary N) is 1. The number of amides is 1. The van der Waals surface area contributed by atoms with Gasteiger partial charge >= 0.3 is 0 Å². The van der Waals surface area contributed by atoms with Crippen molar-refractivity contribution in [1.29, 1.82) is 0 Å². The first-order valence-electron chi connectivity index (χ1n) is 8.25. The van der Waals surface area contributed by atoms with Crippen molar-refractivity contribution in [3.05, 3.63) is 51.2 Å². The van der Waals surface area contributed by atoms with Gasteiger partial charge in [-0.25, -0.2) is 5.43 Å². The average molecular weight is 359 g/mol. The highest BCUT2D eigenvalue weighted by Crippen LogP contribution is 2.39. The predicted molar refractivity (Wildman–Crippen MR) is 105 cm³/mol. The van der Waals surface area contributed by atoms with Gasteiger partial charge in [-0.3, -0.25) is 4.79 Å². The van der Waals surface area contributed by atoms with Gasteiger partial charge in [0.1, 0.15) is 5.75 Å². The van der Waals surface area contributed by atoms with Gasteiger partial charge < -0.3 is 5.11 Å². The summed E-state index contributed by atoms with van der Waals surface area (Å²) in [6.45, 7) is 12.1. The Hall–Kier alpha value is -2.14. The van der Waals surface area contributed by atoms with E-state index in [4.69, 9.17) is 0 Å². The van der Waals surface area contributed by atoms with Crippen LogP contribution in [-0.4, -0.2) is 17.2 Å². The first kappa shape index (κ1) is 19.2. The molecule has 1 amide bonds. The van der Waals surface area contributed by atoms with Gasteiger partial charge in [0.25, 0.3) is 5.91 Å². The number of benzene rings is 1. The molecular weight excluding hydrogens is 332 g/mol. The minimum Gasteiger partial charge on any atom is -0.507 e. The number of phenolic OH excluding ortho intramolecular Hbond substituents is 1. The number of hydrogen-bond acceptors (Lipinski definition) is 4. The largest absolute Gasteiger partial charge is 0.507 e. The first-order chi connectivity index (χ1) is 11.5. The van der Waals surface area contributed by atoms with Gasteiger partial charge in [0.2, 0.25) is 0 Å².